The first kappa shape index (κ1) is 26.9. The molecule has 0 aromatic rings. The zero-order valence-corrected chi connectivity index (χ0v) is 13.9. The van der Waals surface area contributed by atoms with Gasteiger partial charge in [0.25, 0.3) is 5.97 Å². The van der Waals surface area contributed by atoms with E-state index in [4.69, 9.17) is 9.90 Å². The van der Waals surface area contributed by atoms with Crippen LogP contribution in [0.5, 0.6) is 0 Å². The van der Waals surface area contributed by atoms with Gasteiger partial charge in [0, 0.05) is 6.92 Å². The highest BCUT2D eigenvalue weighted by Gasteiger charge is 1.80. The molecule has 0 aliphatic rings. The average molecular weight is 278 g/mol. The monoisotopic (exact) mass is 278 g/mol. The summed E-state index contributed by atoms with van der Waals surface area (Å²) in [6.45, 7) is 10.1. The van der Waals surface area contributed by atoms with Crippen molar-refractivity contribution in [2.75, 3.05) is 0 Å². The lowest BCUT2D eigenvalue weighted by Gasteiger charge is -1.90. The second-order valence-corrected chi connectivity index (χ2v) is 4.64. The molecule has 0 atom stereocenters. The van der Waals surface area contributed by atoms with Gasteiger partial charge in [0.05, 0.1) is 0 Å². The van der Waals surface area contributed by atoms with Crippen LogP contribution in [0.3, 0.4) is 0 Å². The third-order valence-corrected chi connectivity index (χ3v) is 2.41. The van der Waals surface area contributed by atoms with Crippen molar-refractivity contribution in [3.63, 3.8) is 0 Å². The highest BCUT2D eigenvalue weighted by atomic mass is 16.4. The van der Waals surface area contributed by atoms with Crippen molar-refractivity contribution in [2.24, 2.45) is 0 Å². The maximum atomic E-state index is 9.00. The van der Waals surface area contributed by atoms with E-state index in [-0.39, 0.29) is 5.48 Å². The van der Waals surface area contributed by atoms with E-state index in [1.165, 1.54) is 64.2 Å². The van der Waals surface area contributed by atoms with Crippen LogP contribution in [-0.4, -0.2) is 16.6 Å². The standard InChI is InChI=1S/2C7H16.C2H4O2.H2O/c2*1-3-5-7-6-4-2;1-2(3)4;/h2*3-7H2,1-2H3;1H3,(H,3,4);1H2. The molecular weight excluding hydrogens is 240 g/mol. The summed E-state index contributed by atoms with van der Waals surface area (Å²) in [5, 5.41) is 7.42. The number of aliphatic carboxylic acids is 1. The summed E-state index contributed by atoms with van der Waals surface area (Å²) in [5.41, 5.74) is 0. The SMILES string of the molecule is CC(=O)O.CCCCCCC.CCCCCCC.O. The molecule has 19 heavy (non-hydrogen) atoms. The van der Waals surface area contributed by atoms with Crippen LogP contribution in [0.1, 0.15) is 98.8 Å². The summed E-state index contributed by atoms with van der Waals surface area (Å²) in [7, 11) is 0. The van der Waals surface area contributed by atoms with E-state index >= 15 is 0 Å². The molecule has 0 fully saturated rings. The predicted molar refractivity (Wildman–Crippen MR) is 85.8 cm³/mol. The Hall–Kier alpha value is -0.570. The van der Waals surface area contributed by atoms with E-state index in [0.29, 0.717) is 0 Å². The molecule has 0 saturated carbocycles. The molecule has 0 heterocycles. The molecule has 0 aromatic heterocycles. The maximum absolute atomic E-state index is 9.00. The lowest BCUT2D eigenvalue weighted by atomic mass is 10.2. The number of carbonyl (C=O) groups is 1. The summed E-state index contributed by atoms with van der Waals surface area (Å²) in [5.74, 6) is -0.833. The minimum atomic E-state index is -0.833. The molecule has 3 nitrogen and oxygen atoms in total. The van der Waals surface area contributed by atoms with Crippen molar-refractivity contribution in [3.8, 4) is 0 Å². The second-order valence-electron chi connectivity index (χ2n) is 4.64. The van der Waals surface area contributed by atoms with Crippen molar-refractivity contribution in [1.82, 2.24) is 0 Å². The normalized spacial score (nSPS) is 8.26. The number of hydrogen-bond acceptors (Lipinski definition) is 1. The van der Waals surface area contributed by atoms with E-state index in [2.05, 4.69) is 27.7 Å². The Morgan fingerprint density at radius 2 is 0.842 bits per heavy atom. The molecule has 120 valence electrons. The molecule has 0 spiro atoms. The molecule has 3 N–H and O–H groups in total. The van der Waals surface area contributed by atoms with Gasteiger partial charge < -0.3 is 10.6 Å². The smallest absolute Gasteiger partial charge is 0.300 e. The number of carboxylic acids is 1. The molecule has 0 rings (SSSR count). The number of rotatable bonds is 8. The lowest BCUT2D eigenvalue weighted by molar-refractivity contribution is -0.134. The summed E-state index contributed by atoms with van der Waals surface area (Å²) in [6, 6.07) is 0. The topological polar surface area (TPSA) is 68.8 Å². The number of unbranched alkanes of at least 4 members (excludes halogenated alkanes) is 8. The van der Waals surface area contributed by atoms with Gasteiger partial charge in [-0.15, -0.1) is 0 Å². The first-order valence-corrected chi connectivity index (χ1v) is 7.76. The van der Waals surface area contributed by atoms with Gasteiger partial charge in [0.15, 0.2) is 0 Å². The summed E-state index contributed by atoms with van der Waals surface area (Å²) >= 11 is 0. The Morgan fingerprint density at radius 1 is 0.684 bits per heavy atom. The minimum Gasteiger partial charge on any atom is -0.481 e. The Morgan fingerprint density at radius 3 is 0.947 bits per heavy atom. The van der Waals surface area contributed by atoms with Gasteiger partial charge in [0.2, 0.25) is 0 Å². The van der Waals surface area contributed by atoms with Gasteiger partial charge >= 0.3 is 0 Å². The molecule has 0 amide bonds. The largest absolute Gasteiger partial charge is 0.481 e. The van der Waals surface area contributed by atoms with Gasteiger partial charge in [-0.2, -0.15) is 0 Å². The lowest BCUT2D eigenvalue weighted by Crippen LogP contribution is -1.78. The molecule has 0 aliphatic heterocycles. The van der Waals surface area contributed by atoms with Crippen LogP contribution in [0.2, 0.25) is 0 Å². The van der Waals surface area contributed by atoms with Gasteiger partial charge in [-0.05, 0) is 0 Å². The molecule has 0 bridgehead atoms. The molecule has 0 radical (unpaired) electrons. The van der Waals surface area contributed by atoms with Crippen LogP contribution in [-0.2, 0) is 4.79 Å². The van der Waals surface area contributed by atoms with E-state index < -0.39 is 5.97 Å². The van der Waals surface area contributed by atoms with Crippen LogP contribution in [0.4, 0.5) is 0 Å². The first-order valence-electron chi connectivity index (χ1n) is 7.76. The first-order chi connectivity index (χ1) is 8.56. The van der Waals surface area contributed by atoms with Crippen LogP contribution >= 0.6 is 0 Å². The average Bonchev–Trinajstić information content (AvgIpc) is 2.31. The van der Waals surface area contributed by atoms with Crippen molar-refractivity contribution in [1.29, 1.82) is 0 Å². The summed E-state index contributed by atoms with van der Waals surface area (Å²) < 4.78 is 0. The minimum absolute atomic E-state index is 0. The Balaban J connectivity index is -0.0000000900. The fraction of sp³-hybridized carbons (Fsp3) is 0.938. The predicted octanol–water partition coefficient (Wildman–Crippen LogP) is 5.22. The fourth-order valence-electron chi connectivity index (χ4n) is 1.35. The third kappa shape index (κ3) is 75.2. The molecule has 0 aromatic carbocycles. The molecule has 0 saturated heterocycles. The van der Waals surface area contributed by atoms with Crippen molar-refractivity contribution in [2.45, 2.75) is 98.8 Å². The number of hydrogen-bond donors (Lipinski definition) is 1. The Kier molecular flexibility index (Phi) is 43.1. The third-order valence-electron chi connectivity index (χ3n) is 2.41. The summed E-state index contributed by atoms with van der Waals surface area (Å²) in [6.07, 6.45) is 14.0. The van der Waals surface area contributed by atoms with Gasteiger partial charge in [0.1, 0.15) is 0 Å². The quantitative estimate of drug-likeness (QED) is 0.618. The van der Waals surface area contributed by atoms with E-state index in [1.807, 2.05) is 0 Å². The highest BCUT2D eigenvalue weighted by molar-refractivity contribution is 5.62. The summed E-state index contributed by atoms with van der Waals surface area (Å²) in [4.78, 5) is 9.00. The molecular formula is C16H38O3. The highest BCUT2D eigenvalue weighted by Crippen LogP contribution is 2.00. The molecule has 0 unspecified atom stereocenters. The van der Waals surface area contributed by atoms with Crippen LogP contribution in [0.25, 0.3) is 0 Å². The van der Waals surface area contributed by atoms with Crippen molar-refractivity contribution >= 4 is 5.97 Å². The maximum Gasteiger partial charge on any atom is 0.300 e. The molecule has 0 aliphatic carbocycles. The van der Waals surface area contributed by atoms with Crippen molar-refractivity contribution in [3.05, 3.63) is 0 Å². The second kappa shape index (κ2) is 30.5. The van der Waals surface area contributed by atoms with Gasteiger partial charge in [-0.1, -0.05) is 91.9 Å². The number of carboxylic acid groups (broad SMARTS) is 1. The van der Waals surface area contributed by atoms with Crippen LogP contribution in [0, 0.1) is 0 Å². The van der Waals surface area contributed by atoms with E-state index in [9.17, 15) is 0 Å². The Bertz CT molecular complexity index is 114. The van der Waals surface area contributed by atoms with Crippen LogP contribution < -0.4 is 0 Å². The molecule has 3 heteroatoms. The zero-order chi connectivity index (χ0) is 14.6. The fourth-order valence-corrected chi connectivity index (χ4v) is 1.35. The zero-order valence-electron chi connectivity index (χ0n) is 13.9. The van der Waals surface area contributed by atoms with Gasteiger partial charge in [-0.25, -0.2) is 0 Å². The van der Waals surface area contributed by atoms with Gasteiger partial charge in [-0.3, -0.25) is 4.79 Å². The van der Waals surface area contributed by atoms with E-state index in [1.54, 1.807) is 0 Å². The van der Waals surface area contributed by atoms with E-state index in [0.717, 1.165) is 6.92 Å². The van der Waals surface area contributed by atoms with Crippen LogP contribution in [0.15, 0.2) is 0 Å². The Labute approximate surface area is 121 Å². The van der Waals surface area contributed by atoms with Crippen molar-refractivity contribution < 1.29 is 15.4 Å².